The number of nitrogens with two attached hydrogens (primary N) is 1. The largest absolute Gasteiger partial charge is 0.397 e. The van der Waals surface area contributed by atoms with Crippen molar-refractivity contribution in [3.63, 3.8) is 0 Å². The van der Waals surface area contributed by atoms with Crippen molar-refractivity contribution in [1.29, 1.82) is 0 Å². The van der Waals surface area contributed by atoms with Gasteiger partial charge in [0.1, 0.15) is 0 Å². The maximum atomic E-state index is 10.7. The number of nitro benzene ring substituents is 1. The number of rotatable bonds is 3. The molecule has 0 unspecified atom stereocenters. The summed E-state index contributed by atoms with van der Waals surface area (Å²) >= 11 is 0. The molecule has 0 amide bonds. The predicted molar refractivity (Wildman–Crippen MR) is 84.7 cm³/mol. The van der Waals surface area contributed by atoms with Gasteiger partial charge in [0.05, 0.1) is 16.3 Å². The molecule has 21 heavy (non-hydrogen) atoms. The molecule has 5 heteroatoms. The van der Waals surface area contributed by atoms with Crippen molar-refractivity contribution in [3.8, 4) is 0 Å². The molecule has 0 aliphatic carbocycles. The van der Waals surface area contributed by atoms with E-state index < -0.39 is 4.92 Å². The van der Waals surface area contributed by atoms with Crippen LogP contribution >= 0.6 is 0 Å². The van der Waals surface area contributed by atoms with Gasteiger partial charge in [0, 0.05) is 17.8 Å². The van der Waals surface area contributed by atoms with Gasteiger partial charge in [-0.25, -0.2) is 0 Å². The highest BCUT2D eigenvalue weighted by Crippen LogP contribution is 2.28. The average Bonchev–Trinajstić information content (AvgIpc) is 2.49. The Hall–Kier alpha value is -3.08. The summed E-state index contributed by atoms with van der Waals surface area (Å²) < 4.78 is 0. The van der Waals surface area contributed by atoms with E-state index in [1.165, 1.54) is 12.1 Å². The van der Waals surface area contributed by atoms with Crippen molar-refractivity contribution >= 4 is 33.5 Å². The lowest BCUT2D eigenvalue weighted by molar-refractivity contribution is -0.384. The van der Waals surface area contributed by atoms with E-state index >= 15 is 0 Å². The molecule has 0 aromatic heterocycles. The lowest BCUT2D eigenvalue weighted by Gasteiger charge is -2.10. The van der Waals surface area contributed by atoms with E-state index in [0.717, 1.165) is 16.5 Å². The average molecular weight is 279 g/mol. The van der Waals surface area contributed by atoms with Gasteiger partial charge in [-0.1, -0.05) is 30.3 Å². The molecule has 0 saturated heterocycles. The SMILES string of the molecule is Nc1cc([N+](=O)[O-])ccc1Nc1ccc2ccccc2c1. The van der Waals surface area contributed by atoms with Crippen LogP contribution < -0.4 is 11.1 Å². The molecule has 104 valence electrons. The van der Waals surface area contributed by atoms with Crippen LogP contribution in [0.5, 0.6) is 0 Å². The van der Waals surface area contributed by atoms with Crippen LogP contribution in [0.2, 0.25) is 0 Å². The molecule has 3 N–H and O–H groups in total. The molecule has 0 fully saturated rings. The zero-order chi connectivity index (χ0) is 14.8. The van der Waals surface area contributed by atoms with Crippen molar-refractivity contribution in [3.05, 3.63) is 70.8 Å². The quantitative estimate of drug-likeness (QED) is 0.430. The van der Waals surface area contributed by atoms with Gasteiger partial charge in [-0.05, 0) is 29.0 Å². The number of non-ortho nitro benzene ring substituents is 1. The third kappa shape index (κ3) is 2.62. The fourth-order valence-corrected chi connectivity index (χ4v) is 2.20. The van der Waals surface area contributed by atoms with E-state index in [4.69, 9.17) is 5.73 Å². The smallest absolute Gasteiger partial charge is 0.271 e. The molecule has 5 nitrogen and oxygen atoms in total. The minimum Gasteiger partial charge on any atom is -0.397 e. The second-order valence-electron chi connectivity index (χ2n) is 4.72. The Kier molecular flexibility index (Phi) is 3.16. The van der Waals surface area contributed by atoms with Gasteiger partial charge in [-0.3, -0.25) is 10.1 Å². The van der Waals surface area contributed by atoms with E-state index in [1.54, 1.807) is 6.07 Å². The molecular formula is C16H13N3O2. The number of anilines is 3. The number of nitro groups is 1. The summed E-state index contributed by atoms with van der Waals surface area (Å²) in [6.07, 6.45) is 0. The predicted octanol–water partition coefficient (Wildman–Crippen LogP) is 4.07. The molecule has 3 rings (SSSR count). The topological polar surface area (TPSA) is 81.2 Å². The van der Waals surface area contributed by atoms with E-state index in [0.29, 0.717) is 11.4 Å². The van der Waals surface area contributed by atoms with Gasteiger partial charge in [0.15, 0.2) is 0 Å². The lowest BCUT2D eigenvalue weighted by atomic mass is 10.1. The zero-order valence-corrected chi connectivity index (χ0v) is 11.1. The molecule has 3 aromatic rings. The number of benzene rings is 3. The fraction of sp³-hybridized carbons (Fsp3) is 0. The summed E-state index contributed by atoms with van der Waals surface area (Å²) in [6.45, 7) is 0. The Morgan fingerprint density at radius 2 is 1.71 bits per heavy atom. The van der Waals surface area contributed by atoms with E-state index in [1.807, 2.05) is 42.5 Å². The minimum absolute atomic E-state index is 0.0171. The first-order chi connectivity index (χ1) is 10.1. The molecular weight excluding hydrogens is 266 g/mol. The Bertz CT molecular complexity index is 831. The summed E-state index contributed by atoms with van der Waals surface area (Å²) in [4.78, 5) is 10.2. The highest BCUT2D eigenvalue weighted by Gasteiger charge is 2.08. The Morgan fingerprint density at radius 1 is 0.952 bits per heavy atom. The first-order valence-electron chi connectivity index (χ1n) is 6.43. The van der Waals surface area contributed by atoms with Crippen molar-refractivity contribution in [2.24, 2.45) is 0 Å². The lowest BCUT2D eigenvalue weighted by Crippen LogP contribution is -1.98. The van der Waals surface area contributed by atoms with E-state index in [2.05, 4.69) is 5.32 Å². The molecule has 0 spiro atoms. The number of nitrogens with zero attached hydrogens (tertiary/aromatic N) is 1. The van der Waals surface area contributed by atoms with Crippen LogP contribution in [-0.4, -0.2) is 4.92 Å². The van der Waals surface area contributed by atoms with Crippen LogP contribution in [0.25, 0.3) is 10.8 Å². The second kappa shape index (κ2) is 5.13. The van der Waals surface area contributed by atoms with Gasteiger partial charge in [-0.2, -0.15) is 0 Å². The van der Waals surface area contributed by atoms with Gasteiger partial charge in [-0.15, -0.1) is 0 Å². The first-order valence-corrected chi connectivity index (χ1v) is 6.43. The fourth-order valence-electron chi connectivity index (χ4n) is 2.20. The van der Waals surface area contributed by atoms with Crippen LogP contribution in [0.15, 0.2) is 60.7 Å². The van der Waals surface area contributed by atoms with Crippen molar-refractivity contribution in [2.45, 2.75) is 0 Å². The summed E-state index contributed by atoms with van der Waals surface area (Å²) in [5.41, 5.74) is 7.71. The third-order valence-electron chi connectivity index (χ3n) is 3.27. The number of nitrogens with one attached hydrogen (secondary N) is 1. The maximum absolute atomic E-state index is 10.7. The standard InChI is InChI=1S/C16H13N3O2/c17-15-10-14(19(20)21)7-8-16(15)18-13-6-5-11-3-1-2-4-12(11)9-13/h1-10,18H,17H2. The van der Waals surface area contributed by atoms with E-state index in [-0.39, 0.29) is 5.69 Å². The number of hydrogen-bond donors (Lipinski definition) is 2. The monoisotopic (exact) mass is 279 g/mol. The first kappa shape index (κ1) is 12.9. The van der Waals surface area contributed by atoms with Crippen molar-refractivity contribution in [2.75, 3.05) is 11.1 Å². The summed E-state index contributed by atoms with van der Waals surface area (Å²) in [5.74, 6) is 0. The van der Waals surface area contributed by atoms with Crippen LogP contribution in [0.4, 0.5) is 22.7 Å². The van der Waals surface area contributed by atoms with Crippen LogP contribution in [0, 0.1) is 10.1 Å². The Morgan fingerprint density at radius 3 is 2.43 bits per heavy atom. The van der Waals surface area contributed by atoms with Gasteiger partial charge in [0.2, 0.25) is 0 Å². The van der Waals surface area contributed by atoms with Crippen molar-refractivity contribution in [1.82, 2.24) is 0 Å². The number of fused-ring (bicyclic) bond motifs is 1. The van der Waals surface area contributed by atoms with Gasteiger partial charge < -0.3 is 11.1 Å². The molecule has 3 aromatic carbocycles. The summed E-state index contributed by atoms with van der Waals surface area (Å²) in [6, 6.07) is 18.4. The summed E-state index contributed by atoms with van der Waals surface area (Å²) in [5, 5.41) is 16.1. The zero-order valence-electron chi connectivity index (χ0n) is 11.1. The van der Waals surface area contributed by atoms with Gasteiger partial charge in [0.25, 0.3) is 5.69 Å². The molecule has 0 bridgehead atoms. The normalized spacial score (nSPS) is 10.5. The van der Waals surface area contributed by atoms with Crippen LogP contribution in [0.1, 0.15) is 0 Å². The Labute approximate surface area is 121 Å². The van der Waals surface area contributed by atoms with Gasteiger partial charge >= 0.3 is 0 Å². The molecule has 0 aliphatic heterocycles. The second-order valence-corrected chi connectivity index (χ2v) is 4.72. The minimum atomic E-state index is -0.462. The highest BCUT2D eigenvalue weighted by atomic mass is 16.6. The Balaban J connectivity index is 1.93. The molecule has 0 aliphatic rings. The third-order valence-corrected chi connectivity index (χ3v) is 3.27. The van der Waals surface area contributed by atoms with Crippen molar-refractivity contribution < 1.29 is 4.92 Å². The molecule has 0 heterocycles. The number of nitrogen functional groups attached to an aromatic ring is 1. The number of hydrogen-bond acceptors (Lipinski definition) is 4. The molecule has 0 saturated carbocycles. The highest BCUT2D eigenvalue weighted by molar-refractivity contribution is 5.87. The van der Waals surface area contributed by atoms with Crippen LogP contribution in [0.3, 0.4) is 0 Å². The summed E-state index contributed by atoms with van der Waals surface area (Å²) in [7, 11) is 0. The van der Waals surface area contributed by atoms with E-state index in [9.17, 15) is 10.1 Å². The maximum Gasteiger partial charge on any atom is 0.271 e. The van der Waals surface area contributed by atoms with Crippen LogP contribution in [-0.2, 0) is 0 Å². The molecule has 0 radical (unpaired) electrons. The molecule has 0 atom stereocenters.